The number of amides is 5. The number of pyridine rings is 1. The number of fused-ring (bicyclic) bond motifs is 2. The number of nitrogens with one attached hydrogen (secondary N) is 2. The average Bonchev–Trinajstić information content (AvgIpc) is 3.87. The fraction of sp³-hybridized carbons (Fsp3) is 0.472. The Kier molecular flexibility index (Phi) is 14.2. The maximum absolute atomic E-state index is 16.5. The highest BCUT2D eigenvalue weighted by Crippen LogP contribution is 2.56. The number of halogens is 4. The van der Waals surface area contributed by atoms with Gasteiger partial charge in [-0.15, -0.1) is 0 Å². The molecule has 3 saturated heterocycles. The Bertz CT molecular complexity index is 2960. The summed E-state index contributed by atoms with van der Waals surface area (Å²) in [6.07, 6.45) is 6.22. The minimum Gasteiger partial charge on any atom is -0.488 e. The predicted molar refractivity (Wildman–Crippen MR) is 266 cm³/mol. The highest BCUT2D eigenvalue weighted by molar-refractivity contribution is 6.34. The van der Waals surface area contributed by atoms with Crippen molar-refractivity contribution in [2.75, 3.05) is 57.4 Å². The van der Waals surface area contributed by atoms with Crippen LogP contribution in [0.1, 0.15) is 104 Å². The van der Waals surface area contributed by atoms with E-state index in [1.807, 2.05) is 42.2 Å². The third kappa shape index (κ3) is 9.37. The number of likely N-dealkylation sites (tertiary alicyclic amines) is 2. The molecule has 4 fully saturated rings. The van der Waals surface area contributed by atoms with Crippen molar-refractivity contribution in [3.05, 3.63) is 99.5 Å². The number of imide groups is 1. The first kappa shape index (κ1) is 50.3. The Hall–Kier alpha value is -6.28. The van der Waals surface area contributed by atoms with Crippen LogP contribution in [0.25, 0.3) is 22.2 Å². The van der Waals surface area contributed by atoms with Crippen molar-refractivity contribution in [3.8, 4) is 22.6 Å². The molecule has 5 N–H and O–H groups in total. The van der Waals surface area contributed by atoms with Crippen LogP contribution in [0, 0.1) is 23.4 Å². The number of nitrogens with two attached hydrogens (primary N) is 1. The van der Waals surface area contributed by atoms with Gasteiger partial charge in [0.2, 0.25) is 17.7 Å². The normalized spacial score (nSPS) is 23.1. The lowest BCUT2D eigenvalue weighted by Crippen LogP contribution is -2.51. The van der Waals surface area contributed by atoms with E-state index >= 15 is 13.2 Å². The number of carbonyl (C=O) groups excluding carboxylic acids is 4. The second-order valence-corrected chi connectivity index (χ2v) is 20.4. The van der Waals surface area contributed by atoms with Gasteiger partial charge in [0, 0.05) is 92.2 Å². The third-order valence-corrected chi connectivity index (χ3v) is 16.3. The Balaban J connectivity index is 0.753. The number of anilines is 1. The quantitative estimate of drug-likeness (QED) is 0.0945. The molecular formula is C53H59ClF3N9O7. The van der Waals surface area contributed by atoms with Gasteiger partial charge in [-0.2, -0.15) is 5.10 Å². The Morgan fingerprint density at radius 3 is 2.36 bits per heavy atom. The zero-order chi connectivity index (χ0) is 51.3. The van der Waals surface area contributed by atoms with Crippen molar-refractivity contribution < 1.29 is 46.9 Å². The van der Waals surface area contributed by atoms with E-state index in [1.165, 1.54) is 29.2 Å². The van der Waals surface area contributed by atoms with Crippen molar-refractivity contribution in [3.63, 3.8) is 0 Å². The summed E-state index contributed by atoms with van der Waals surface area (Å²) in [7, 11) is 1.71. The summed E-state index contributed by atoms with van der Waals surface area (Å²) in [5, 5.41) is 19.9. The number of aryl methyl sites for hydroxylation is 1. The second-order valence-electron chi connectivity index (χ2n) is 20.0. The fourth-order valence-corrected chi connectivity index (χ4v) is 12.2. The number of urea groups is 1. The molecule has 1 saturated carbocycles. The van der Waals surface area contributed by atoms with Gasteiger partial charge in [0.1, 0.15) is 24.0 Å². The van der Waals surface area contributed by atoms with E-state index in [0.29, 0.717) is 54.3 Å². The van der Waals surface area contributed by atoms with Crippen molar-refractivity contribution in [1.29, 1.82) is 0 Å². The second kappa shape index (κ2) is 20.6. The van der Waals surface area contributed by atoms with Gasteiger partial charge in [-0.1, -0.05) is 48.9 Å². The number of nitrogens with zero attached hydrogens (tertiary/aromatic N) is 6. The van der Waals surface area contributed by atoms with Gasteiger partial charge < -0.3 is 35.4 Å². The van der Waals surface area contributed by atoms with Crippen LogP contribution in [0.15, 0.2) is 54.6 Å². The van der Waals surface area contributed by atoms with Gasteiger partial charge in [0.15, 0.2) is 28.6 Å². The summed E-state index contributed by atoms with van der Waals surface area (Å²) >= 11 is 6.72. The number of benzene rings is 3. The Morgan fingerprint density at radius 2 is 1.67 bits per heavy atom. The molecule has 16 nitrogen and oxygen atoms in total. The molecule has 0 bridgehead atoms. The topological polar surface area (TPSA) is 197 Å². The van der Waals surface area contributed by atoms with Crippen molar-refractivity contribution in [2.24, 2.45) is 18.7 Å². The molecule has 10 rings (SSSR count). The lowest BCUT2D eigenvalue weighted by Gasteiger charge is -2.43. The molecule has 3 aromatic carbocycles. The van der Waals surface area contributed by atoms with Crippen LogP contribution >= 0.6 is 11.6 Å². The molecule has 20 heteroatoms. The molecule has 5 aliphatic rings. The van der Waals surface area contributed by atoms with Crippen LogP contribution in [0.3, 0.4) is 0 Å². The van der Waals surface area contributed by atoms with Gasteiger partial charge in [0.05, 0.1) is 28.3 Å². The van der Waals surface area contributed by atoms with Gasteiger partial charge in [-0.3, -0.25) is 24.6 Å². The first-order valence-electron chi connectivity index (χ1n) is 25.2. The number of piperidine rings is 2. The van der Waals surface area contributed by atoms with E-state index in [4.69, 9.17) is 31.8 Å². The molecule has 2 unspecified atom stereocenters. The lowest BCUT2D eigenvalue weighted by molar-refractivity contribution is -0.138. The van der Waals surface area contributed by atoms with E-state index in [2.05, 4.69) is 20.6 Å². The fourth-order valence-electron chi connectivity index (χ4n) is 12.0. The van der Waals surface area contributed by atoms with Gasteiger partial charge in [0.25, 0.3) is 0 Å². The van der Waals surface area contributed by atoms with Gasteiger partial charge in [-0.25, -0.2) is 27.6 Å². The molecule has 73 heavy (non-hydrogen) atoms. The zero-order valence-electron chi connectivity index (χ0n) is 40.8. The average molecular weight is 1030 g/mol. The van der Waals surface area contributed by atoms with E-state index in [1.54, 1.807) is 11.7 Å². The summed E-state index contributed by atoms with van der Waals surface area (Å²) in [6.45, 7) is 4.64. The number of aliphatic hydroxyl groups excluding tert-OH is 1. The molecule has 5 amide bonds. The molecule has 2 aromatic heterocycles. The zero-order valence-corrected chi connectivity index (χ0v) is 41.5. The molecule has 6 heterocycles. The number of ether oxygens (including phenoxy) is 2. The van der Waals surface area contributed by atoms with Crippen molar-refractivity contribution >= 4 is 52.2 Å². The molecule has 0 spiro atoms. The van der Waals surface area contributed by atoms with Crippen LogP contribution in [-0.4, -0.2) is 118 Å². The standard InChI is InChI=1S/C53H59ClF3N9O7/c1-29-42-40(27-37(55)45(54)44(42)43-35(48(58)69)12-13-39(46(43)57)72-25-24-67)73-53(29,32-6-4-3-5-7-32)28-59-33-10-8-31(9-11-33)51(70)65-21-16-34(17-22-65)64-19-14-30(15-20-64)47-38(56)26-36-49(61-47)63(2)62-50(36)66-23-18-41(68)60-52(66)71/h3-7,12-13,26-27,29-31,33-34,59,67H,8-11,14-25,28H2,1-2H3,(H2,58,69)(H,60,68,71). The van der Waals surface area contributed by atoms with E-state index < -0.39 is 52.5 Å². The highest BCUT2D eigenvalue weighted by atomic mass is 35.5. The minimum atomic E-state index is -1.12. The first-order valence-corrected chi connectivity index (χ1v) is 25.6. The van der Waals surface area contributed by atoms with Crippen LogP contribution in [-0.2, 0) is 22.2 Å². The van der Waals surface area contributed by atoms with Crippen molar-refractivity contribution in [1.82, 2.24) is 35.2 Å². The lowest BCUT2D eigenvalue weighted by atomic mass is 9.77. The van der Waals surface area contributed by atoms with E-state index in [0.717, 1.165) is 57.2 Å². The van der Waals surface area contributed by atoms with Crippen molar-refractivity contribution in [2.45, 2.75) is 94.2 Å². The number of hydrogen-bond donors (Lipinski definition) is 4. The van der Waals surface area contributed by atoms with E-state index in [-0.39, 0.29) is 89.8 Å². The summed E-state index contributed by atoms with van der Waals surface area (Å²) in [4.78, 5) is 61.6. The molecular weight excluding hydrogens is 967 g/mol. The molecule has 1 aliphatic carbocycles. The van der Waals surface area contributed by atoms with Crippen LogP contribution < -0.4 is 30.7 Å². The Labute approximate surface area is 425 Å². The van der Waals surface area contributed by atoms with Crippen LogP contribution in [0.4, 0.5) is 23.8 Å². The van der Waals surface area contributed by atoms with E-state index in [9.17, 15) is 24.3 Å². The monoisotopic (exact) mass is 1030 g/mol. The molecule has 5 aromatic rings. The summed E-state index contributed by atoms with van der Waals surface area (Å²) in [6, 6.07) is 14.4. The van der Waals surface area contributed by atoms with Crippen LogP contribution in [0.5, 0.6) is 11.5 Å². The molecule has 0 radical (unpaired) electrons. The number of rotatable bonds is 13. The summed E-state index contributed by atoms with van der Waals surface area (Å²) < 4.78 is 61.9. The third-order valence-electron chi connectivity index (χ3n) is 15.9. The SMILES string of the molecule is CC1c2c(cc(F)c(Cl)c2-c2c(C(N)=O)ccc(OCCO)c2F)OC1(CNC1CCC(C(=O)N2CCC(N3CCC(c4nc5c(cc4F)c(N4CCC(=O)NC4=O)nn5C)CC3)CC2)CC1)c1ccccc1. The van der Waals surface area contributed by atoms with Crippen LogP contribution in [0.2, 0.25) is 5.02 Å². The van der Waals surface area contributed by atoms with Gasteiger partial charge >= 0.3 is 6.03 Å². The highest BCUT2D eigenvalue weighted by Gasteiger charge is 2.50. The largest absolute Gasteiger partial charge is 0.488 e. The maximum Gasteiger partial charge on any atom is 0.329 e. The Morgan fingerprint density at radius 1 is 0.945 bits per heavy atom. The molecule has 2 atom stereocenters. The van der Waals surface area contributed by atoms with Gasteiger partial charge in [-0.05, 0) is 88.2 Å². The molecule has 4 aliphatic heterocycles. The predicted octanol–water partition coefficient (Wildman–Crippen LogP) is 7.03. The number of hydrogen-bond acceptors (Lipinski definition) is 11. The number of aliphatic hydroxyl groups is 1. The number of primary amides is 1. The first-order chi connectivity index (χ1) is 35.2. The summed E-state index contributed by atoms with van der Waals surface area (Å²) in [5.41, 5.74) is 6.09. The number of aromatic nitrogens is 3. The summed E-state index contributed by atoms with van der Waals surface area (Å²) in [5.74, 6) is -4.02. The number of carbonyl (C=O) groups is 4. The minimum absolute atomic E-state index is 0.0416. The molecule has 386 valence electrons. The smallest absolute Gasteiger partial charge is 0.329 e. The maximum atomic E-state index is 16.5.